The molecule has 49 heavy (non-hydrogen) atoms. The SMILES string of the molecule is COC(=O)c1cc(C)cc(Br)c1.COC(=O)c1ccc(O[B]O)cc1.O=C(O)c1ccc(-c2cccc(C(=O)O)c2)cc1.O=C=O.O=C=O. The third kappa shape index (κ3) is 16.8. The van der Waals surface area contributed by atoms with E-state index in [4.69, 9.17) is 34.4 Å². The first kappa shape index (κ1) is 42.8. The smallest absolute Gasteiger partial charge is 0.537 e. The van der Waals surface area contributed by atoms with Gasteiger partial charge in [-0.3, -0.25) is 0 Å². The summed E-state index contributed by atoms with van der Waals surface area (Å²) in [4.78, 5) is 76.1. The summed E-state index contributed by atoms with van der Waals surface area (Å²) in [5, 5.41) is 26.0. The first-order valence-electron chi connectivity index (χ1n) is 13.1. The Hall–Kier alpha value is -6.18. The summed E-state index contributed by atoms with van der Waals surface area (Å²) < 4.78 is 14.6. The number of carboxylic acid groups (broad SMARTS) is 2. The fraction of sp³-hybridized carbons (Fsp3) is 0.0909. The number of methoxy groups -OCH3 is 2. The fourth-order valence-corrected chi connectivity index (χ4v) is 4.07. The second-order valence-corrected chi connectivity index (χ2v) is 9.60. The third-order valence-corrected chi connectivity index (χ3v) is 5.96. The first-order valence-corrected chi connectivity index (χ1v) is 13.9. The highest BCUT2D eigenvalue weighted by Gasteiger charge is 2.07. The van der Waals surface area contributed by atoms with Crippen molar-refractivity contribution in [2.24, 2.45) is 0 Å². The largest absolute Gasteiger partial charge is 0.569 e. The number of carboxylic acids is 2. The molecule has 0 saturated heterocycles. The van der Waals surface area contributed by atoms with Gasteiger partial charge in [0.05, 0.1) is 36.5 Å². The Kier molecular flexibility index (Phi) is 21.0. The second kappa shape index (κ2) is 24.1. The minimum absolute atomic E-state index is 0.202. The van der Waals surface area contributed by atoms with E-state index in [1.54, 1.807) is 66.7 Å². The van der Waals surface area contributed by atoms with Gasteiger partial charge in [-0.05, 0) is 90.3 Å². The molecule has 1 radical (unpaired) electrons. The van der Waals surface area contributed by atoms with E-state index >= 15 is 0 Å². The zero-order chi connectivity index (χ0) is 37.4. The van der Waals surface area contributed by atoms with Crippen LogP contribution in [0.2, 0.25) is 0 Å². The number of aryl methyl sites for hydroxylation is 1. The van der Waals surface area contributed by atoms with Gasteiger partial charge in [0.25, 0.3) is 0 Å². The number of ether oxygens (including phenoxy) is 2. The summed E-state index contributed by atoms with van der Waals surface area (Å²) in [6, 6.07) is 24.5. The Morgan fingerprint density at radius 1 is 0.633 bits per heavy atom. The molecule has 0 aliphatic rings. The average molecular weight is 738 g/mol. The zero-order valence-electron chi connectivity index (χ0n) is 25.9. The molecule has 0 spiro atoms. The van der Waals surface area contributed by atoms with E-state index in [2.05, 4.69) is 30.1 Å². The molecular weight excluding hydrogens is 711 g/mol. The van der Waals surface area contributed by atoms with Crippen LogP contribution in [0.15, 0.2) is 95.5 Å². The fourth-order valence-electron chi connectivity index (χ4n) is 3.46. The molecule has 16 heteroatoms. The molecule has 0 atom stereocenters. The quantitative estimate of drug-likeness (QED) is 0.175. The summed E-state index contributed by atoms with van der Waals surface area (Å²) in [6.07, 6.45) is 0.500. The lowest BCUT2D eigenvalue weighted by atomic mass is 10.0. The van der Waals surface area contributed by atoms with Crippen LogP contribution in [0.1, 0.15) is 47.0 Å². The number of carbonyl (C=O) groups excluding carboxylic acids is 6. The minimum Gasteiger partial charge on any atom is -0.537 e. The minimum atomic E-state index is -0.987. The molecule has 4 aromatic carbocycles. The molecule has 0 bridgehead atoms. The van der Waals surface area contributed by atoms with Crippen LogP contribution < -0.4 is 4.65 Å². The van der Waals surface area contributed by atoms with Gasteiger partial charge in [-0.25, -0.2) is 19.2 Å². The van der Waals surface area contributed by atoms with Crippen molar-refractivity contribution in [3.8, 4) is 16.9 Å². The topological polar surface area (TPSA) is 225 Å². The zero-order valence-corrected chi connectivity index (χ0v) is 27.5. The highest BCUT2D eigenvalue weighted by atomic mass is 79.9. The molecule has 0 saturated carbocycles. The Bertz CT molecular complexity index is 1710. The van der Waals surface area contributed by atoms with E-state index in [0.29, 0.717) is 24.6 Å². The van der Waals surface area contributed by atoms with Gasteiger partial charge in [-0.15, -0.1) is 0 Å². The summed E-state index contributed by atoms with van der Waals surface area (Å²) in [5.41, 5.74) is 3.97. The molecule has 253 valence electrons. The van der Waals surface area contributed by atoms with E-state index in [0.717, 1.165) is 21.2 Å². The molecule has 4 rings (SSSR count). The number of aromatic carboxylic acids is 2. The molecule has 0 fully saturated rings. The lowest BCUT2D eigenvalue weighted by Crippen LogP contribution is -2.02. The maximum absolute atomic E-state index is 11.1. The van der Waals surface area contributed by atoms with E-state index in [9.17, 15) is 19.2 Å². The van der Waals surface area contributed by atoms with Crippen molar-refractivity contribution in [1.29, 1.82) is 0 Å². The summed E-state index contributed by atoms with van der Waals surface area (Å²) in [7, 11) is 3.26. The van der Waals surface area contributed by atoms with Crippen molar-refractivity contribution >= 4 is 59.8 Å². The molecule has 0 heterocycles. The predicted molar refractivity (Wildman–Crippen MR) is 172 cm³/mol. The van der Waals surface area contributed by atoms with Gasteiger partial charge in [0.15, 0.2) is 0 Å². The van der Waals surface area contributed by atoms with E-state index in [-0.39, 0.29) is 29.4 Å². The Morgan fingerprint density at radius 3 is 1.57 bits per heavy atom. The summed E-state index contributed by atoms with van der Waals surface area (Å²) in [5.74, 6) is -2.23. The highest BCUT2D eigenvalue weighted by Crippen LogP contribution is 2.21. The van der Waals surface area contributed by atoms with Crippen LogP contribution in [0.4, 0.5) is 0 Å². The van der Waals surface area contributed by atoms with Crippen molar-refractivity contribution in [3.63, 3.8) is 0 Å². The number of hydrogen-bond donors (Lipinski definition) is 3. The Labute approximate surface area is 288 Å². The number of carbonyl (C=O) groups is 4. The molecule has 0 amide bonds. The maximum Gasteiger partial charge on any atom is 0.569 e. The van der Waals surface area contributed by atoms with Gasteiger partial charge in [-0.1, -0.05) is 40.2 Å². The van der Waals surface area contributed by atoms with Crippen LogP contribution in [0.25, 0.3) is 11.1 Å². The predicted octanol–water partition coefficient (Wildman–Crippen LogP) is 4.51. The number of rotatable bonds is 7. The van der Waals surface area contributed by atoms with E-state index in [1.807, 2.05) is 13.0 Å². The third-order valence-electron chi connectivity index (χ3n) is 5.50. The molecule has 4 aromatic rings. The molecule has 3 N–H and O–H groups in total. The lowest BCUT2D eigenvalue weighted by Gasteiger charge is -2.03. The molecule has 0 aliphatic heterocycles. The van der Waals surface area contributed by atoms with Gasteiger partial charge in [0.1, 0.15) is 5.75 Å². The van der Waals surface area contributed by atoms with Gasteiger partial charge in [-0.2, -0.15) is 19.2 Å². The second-order valence-electron chi connectivity index (χ2n) is 8.68. The lowest BCUT2D eigenvalue weighted by molar-refractivity contribution is -0.193. The summed E-state index contributed by atoms with van der Waals surface area (Å²) >= 11 is 3.30. The number of benzene rings is 4. The van der Waals surface area contributed by atoms with Crippen LogP contribution in [-0.4, -0.2) is 73.3 Å². The van der Waals surface area contributed by atoms with Crippen LogP contribution in [0, 0.1) is 6.92 Å². The van der Waals surface area contributed by atoms with Gasteiger partial charge in [0, 0.05) is 4.47 Å². The first-order chi connectivity index (χ1) is 23.3. The van der Waals surface area contributed by atoms with Crippen molar-refractivity contribution < 1.29 is 67.7 Å². The molecule has 0 aliphatic carbocycles. The van der Waals surface area contributed by atoms with Crippen molar-refractivity contribution in [2.45, 2.75) is 6.92 Å². The average Bonchev–Trinajstić information content (AvgIpc) is 3.09. The molecule has 14 nitrogen and oxygen atoms in total. The Balaban J connectivity index is 0.000000665. The molecular formula is C33H27BBrO14. The molecule has 0 unspecified atom stereocenters. The van der Waals surface area contributed by atoms with E-state index < -0.39 is 17.9 Å². The highest BCUT2D eigenvalue weighted by molar-refractivity contribution is 9.10. The summed E-state index contributed by atoms with van der Waals surface area (Å²) in [6.45, 7) is 1.93. The van der Waals surface area contributed by atoms with Crippen molar-refractivity contribution in [1.82, 2.24) is 0 Å². The van der Waals surface area contributed by atoms with E-state index in [1.165, 1.54) is 32.4 Å². The van der Waals surface area contributed by atoms with Gasteiger partial charge >= 0.3 is 43.9 Å². The maximum atomic E-state index is 11.1. The van der Waals surface area contributed by atoms with Crippen LogP contribution >= 0.6 is 15.9 Å². The van der Waals surface area contributed by atoms with Crippen LogP contribution in [-0.2, 0) is 28.7 Å². The van der Waals surface area contributed by atoms with Crippen LogP contribution in [0.5, 0.6) is 5.75 Å². The molecule has 0 aromatic heterocycles. The van der Waals surface area contributed by atoms with Gasteiger partial charge < -0.3 is 29.4 Å². The number of hydrogen-bond acceptors (Lipinski definition) is 12. The van der Waals surface area contributed by atoms with Gasteiger partial charge in [0.2, 0.25) is 0 Å². The van der Waals surface area contributed by atoms with Crippen molar-refractivity contribution in [3.05, 3.63) is 123 Å². The number of esters is 2. The number of halogens is 1. The normalized spacial score (nSPS) is 8.76. The van der Waals surface area contributed by atoms with Crippen molar-refractivity contribution in [2.75, 3.05) is 14.2 Å². The van der Waals surface area contributed by atoms with Crippen LogP contribution in [0.3, 0.4) is 0 Å². The Morgan fingerprint density at radius 2 is 1.12 bits per heavy atom. The standard InChI is InChI=1S/C14H10O4.C9H9BrO2.C8H8BO4.2CO2/c15-13(16)10-6-4-9(5-7-10)11-2-1-3-12(8-11)14(17)18;1-6-3-7(9(11)12-2)5-8(10)4-6;1-12-8(10)6-2-4-7(5-3-6)13-9-11;2*2-1-3/h1-8H,(H,15,16)(H,17,18);3-5H,1-2H3;2-5,11H,1H3;;. The monoisotopic (exact) mass is 737 g/mol.